The number of amides is 3. The number of hydrogen-bond acceptors (Lipinski definition) is 4. The zero-order valence-corrected chi connectivity index (χ0v) is 15.6. The maximum absolute atomic E-state index is 12.7. The Labute approximate surface area is 159 Å². The Morgan fingerprint density at radius 3 is 2.22 bits per heavy atom. The number of piperazine rings is 1. The first-order chi connectivity index (χ1) is 13.0. The van der Waals surface area contributed by atoms with E-state index in [1.165, 1.54) is 16.2 Å². The van der Waals surface area contributed by atoms with Gasteiger partial charge in [-0.15, -0.1) is 0 Å². The third-order valence-electron chi connectivity index (χ3n) is 5.89. The summed E-state index contributed by atoms with van der Waals surface area (Å²) < 4.78 is 0. The molecule has 1 aliphatic carbocycles. The molecule has 4 rings (SSSR count). The first kappa shape index (κ1) is 17.8. The average Bonchev–Trinajstić information content (AvgIpc) is 2.93. The van der Waals surface area contributed by atoms with Crippen LogP contribution in [0.4, 0.5) is 5.69 Å². The fourth-order valence-corrected chi connectivity index (χ4v) is 4.30. The number of anilines is 1. The van der Waals surface area contributed by atoms with Crippen LogP contribution in [-0.4, -0.2) is 60.2 Å². The van der Waals surface area contributed by atoms with Gasteiger partial charge in [-0.1, -0.05) is 24.3 Å². The van der Waals surface area contributed by atoms with Crippen molar-refractivity contribution >= 4 is 23.4 Å². The van der Waals surface area contributed by atoms with Crippen LogP contribution in [0, 0.1) is 18.8 Å². The molecule has 2 saturated heterocycles. The van der Waals surface area contributed by atoms with Crippen molar-refractivity contribution in [3.05, 3.63) is 42.0 Å². The van der Waals surface area contributed by atoms with Crippen molar-refractivity contribution in [2.75, 3.05) is 37.6 Å². The number of aryl methyl sites for hydroxylation is 1. The third-order valence-corrected chi connectivity index (χ3v) is 5.89. The van der Waals surface area contributed by atoms with Crippen molar-refractivity contribution in [3.63, 3.8) is 0 Å². The molecule has 0 N–H and O–H groups in total. The van der Waals surface area contributed by atoms with Gasteiger partial charge in [0.15, 0.2) is 0 Å². The number of carbonyl (C=O) groups excluding carboxylic acids is 3. The molecule has 0 spiro atoms. The summed E-state index contributed by atoms with van der Waals surface area (Å²) in [6.07, 6.45) is 5.13. The minimum Gasteiger partial charge on any atom is -0.368 e. The van der Waals surface area contributed by atoms with Gasteiger partial charge in [0, 0.05) is 31.9 Å². The molecule has 1 aromatic carbocycles. The summed E-state index contributed by atoms with van der Waals surface area (Å²) in [4.78, 5) is 43.0. The Morgan fingerprint density at radius 2 is 1.63 bits per heavy atom. The molecule has 27 heavy (non-hydrogen) atoms. The summed E-state index contributed by atoms with van der Waals surface area (Å²) in [5, 5.41) is 0. The van der Waals surface area contributed by atoms with Gasteiger partial charge >= 0.3 is 0 Å². The molecule has 0 aromatic heterocycles. The standard InChI is InChI=1S/C21H25N3O3/c1-15-5-4-6-16(13-15)22-9-11-23(12-10-22)19(25)14-24-20(26)17-7-2-3-8-18(17)21(24)27/h2-6,13,17-18H,7-12,14H2,1H3/t17-,18-/m0/s1. The first-order valence-corrected chi connectivity index (χ1v) is 9.64. The number of imide groups is 1. The second-order valence-corrected chi connectivity index (χ2v) is 7.63. The minimum atomic E-state index is -0.270. The van der Waals surface area contributed by atoms with E-state index in [9.17, 15) is 14.4 Å². The predicted molar refractivity (Wildman–Crippen MR) is 102 cm³/mol. The van der Waals surface area contributed by atoms with E-state index in [1.807, 2.05) is 18.2 Å². The number of carbonyl (C=O) groups is 3. The van der Waals surface area contributed by atoms with E-state index >= 15 is 0 Å². The second kappa shape index (κ2) is 7.18. The summed E-state index contributed by atoms with van der Waals surface area (Å²) in [5.41, 5.74) is 2.39. The molecule has 3 amide bonds. The highest BCUT2D eigenvalue weighted by Crippen LogP contribution is 2.35. The Morgan fingerprint density at radius 1 is 1.00 bits per heavy atom. The highest BCUT2D eigenvalue weighted by Gasteiger charge is 2.47. The molecule has 6 nitrogen and oxygen atoms in total. The van der Waals surface area contributed by atoms with Crippen LogP contribution in [-0.2, 0) is 14.4 Å². The lowest BCUT2D eigenvalue weighted by Gasteiger charge is -2.36. The van der Waals surface area contributed by atoms with E-state index in [0.717, 1.165) is 13.1 Å². The molecule has 2 atom stereocenters. The highest BCUT2D eigenvalue weighted by atomic mass is 16.2. The van der Waals surface area contributed by atoms with Crippen LogP contribution in [0.15, 0.2) is 36.4 Å². The molecule has 2 heterocycles. The van der Waals surface area contributed by atoms with Gasteiger partial charge in [0.05, 0.1) is 11.8 Å². The number of benzene rings is 1. The van der Waals surface area contributed by atoms with Crippen LogP contribution >= 0.6 is 0 Å². The molecule has 6 heteroatoms. The molecule has 0 unspecified atom stereocenters. The van der Waals surface area contributed by atoms with Gasteiger partial charge in [0.1, 0.15) is 6.54 Å². The van der Waals surface area contributed by atoms with Gasteiger partial charge in [-0.05, 0) is 37.5 Å². The lowest BCUT2D eigenvalue weighted by atomic mass is 9.85. The number of hydrogen-bond donors (Lipinski definition) is 0. The molecule has 2 aliphatic heterocycles. The first-order valence-electron chi connectivity index (χ1n) is 9.64. The number of likely N-dealkylation sites (tertiary alicyclic amines) is 1. The molecule has 1 aromatic rings. The van der Waals surface area contributed by atoms with E-state index in [2.05, 4.69) is 30.0 Å². The smallest absolute Gasteiger partial charge is 0.242 e. The third kappa shape index (κ3) is 3.36. The van der Waals surface area contributed by atoms with Crippen LogP contribution in [0.2, 0.25) is 0 Å². The number of rotatable bonds is 3. The average molecular weight is 367 g/mol. The van der Waals surface area contributed by atoms with Crippen LogP contribution in [0.3, 0.4) is 0 Å². The van der Waals surface area contributed by atoms with Crippen molar-refractivity contribution in [2.45, 2.75) is 19.8 Å². The monoisotopic (exact) mass is 367 g/mol. The quantitative estimate of drug-likeness (QED) is 0.601. The SMILES string of the molecule is Cc1cccc(N2CCN(C(=O)CN3C(=O)[C@H]4CC=CC[C@@H]4C3=O)CC2)c1. The Bertz CT molecular complexity index is 770. The largest absolute Gasteiger partial charge is 0.368 e. The molecule has 0 bridgehead atoms. The van der Waals surface area contributed by atoms with E-state index in [4.69, 9.17) is 0 Å². The van der Waals surface area contributed by atoms with Crippen LogP contribution < -0.4 is 4.90 Å². The highest BCUT2D eigenvalue weighted by molar-refractivity contribution is 6.07. The summed E-state index contributed by atoms with van der Waals surface area (Å²) in [6, 6.07) is 8.35. The summed E-state index contributed by atoms with van der Waals surface area (Å²) >= 11 is 0. The van der Waals surface area contributed by atoms with Crippen molar-refractivity contribution < 1.29 is 14.4 Å². The van der Waals surface area contributed by atoms with E-state index in [-0.39, 0.29) is 36.1 Å². The van der Waals surface area contributed by atoms with Crippen LogP contribution in [0.1, 0.15) is 18.4 Å². The fraction of sp³-hybridized carbons (Fsp3) is 0.476. The molecule has 2 fully saturated rings. The van der Waals surface area contributed by atoms with Crippen LogP contribution in [0.5, 0.6) is 0 Å². The normalized spacial score (nSPS) is 25.1. The van der Waals surface area contributed by atoms with E-state index in [0.29, 0.717) is 25.9 Å². The van der Waals surface area contributed by atoms with E-state index < -0.39 is 0 Å². The van der Waals surface area contributed by atoms with Gasteiger partial charge in [0.2, 0.25) is 17.7 Å². The minimum absolute atomic E-state index is 0.116. The Hall–Kier alpha value is -2.63. The van der Waals surface area contributed by atoms with E-state index in [1.54, 1.807) is 4.90 Å². The number of fused-ring (bicyclic) bond motifs is 1. The fourth-order valence-electron chi connectivity index (χ4n) is 4.30. The molecule has 0 radical (unpaired) electrons. The lowest BCUT2D eigenvalue weighted by Crippen LogP contribution is -2.52. The lowest BCUT2D eigenvalue weighted by molar-refractivity contribution is -0.146. The van der Waals surface area contributed by atoms with Gasteiger partial charge < -0.3 is 9.80 Å². The molecule has 0 saturated carbocycles. The van der Waals surface area contributed by atoms with Crippen molar-refractivity contribution in [1.82, 2.24) is 9.80 Å². The van der Waals surface area contributed by atoms with Crippen LogP contribution in [0.25, 0.3) is 0 Å². The van der Waals surface area contributed by atoms with Gasteiger partial charge in [0.25, 0.3) is 0 Å². The molecule has 142 valence electrons. The maximum Gasteiger partial charge on any atom is 0.242 e. The zero-order chi connectivity index (χ0) is 19.0. The van der Waals surface area contributed by atoms with Gasteiger partial charge in [-0.2, -0.15) is 0 Å². The van der Waals surface area contributed by atoms with Crippen molar-refractivity contribution in [2.24, 2.45) is 11.8 Å². The van der Waals surface area contributed by atoms with Crippen molar-refractivity contribution in [1.29, 1.82) is 0 Å². The molecular weight excluding hydrogens is 342 g/mol. The molecular formula is C21H25N3O3. The number of allylic oxidation sites excluding steroid dienone is 2. The summed E-state index contributed by atoms with van der Waals surface area (Å²) in [7, 11) is 0. The summed E-state index contributed by atoms with van der Waals surface area (Å²) in [6.45, 7) is 4.68. The summed E-state index contributed by atoms with van der Waals surface area (Å²) in [5.74, 6) is -1.03. The zero-order valence-electron chi connectivity index (χ0n) is 15.6. The van der Waals surface area contributed by atoms with Crippen molar-refractivity contribution in [3.8, 4) is 0 Å². The second-order valence-electron chi connectivity index (χ2n) is 7.63. The maximum atomic E-state index is 12.7. The predicted octanol–water partition coefficient (Wildman–Crippen LogP) is 1.59. The topological polar surface area (TPSA) is 60.9 Å². The van der Waals surface area contributed by atoms with Gasteiger partial charge in [-0.25, -0.2) is 0 Å². The van der Waals surface area contributed by atoms with Gasteiger partial charge in [-0.3, -0.25) is 19.3 Å². The molecule has 3 aliphatic rings. The number of nitrogens with zero attached hydrogens (tertiary/aromatic N) is 3. The Balaban J connectivity index is 1.35. The Kier molecular flexibility index (Phi) is 4.72.